The predicted molar refractivity (Wildman–Crippen MR) is 178 cm³/mol. The van der Waals surface area contributed by atoms with Crippen molar-refractivity contribution in [3.05, 3.63) is 71.3 Å². The SMILES string of the molecule is NCCCC[C@H](NC(=O)CCCCCNC(=O)[C@H](Cc1ccccc1)NC(=O)[C@@H](CC(=O)NO)Cc1ccc(C2(C(F)(F)F)N=N2)cc1)C(N)=O. The van der Waals surface area contributed by atoms with Gasteiger partial charge in [0.2, 0.25) is 29.5 Å². The fourth-order valence-electron chi connectivity index (χ4n) is 5.44. The average molecular weight is 719 g/mol. The molecule has 0 aliphatic carbocycles. The first kappa shape index (κ1) is 40.5. The zero-order valence-corrected chi connectivity index (χ0v) is 28.1. The van der Waals surface area contributed by atoms with Crippen LogP contribution >= 0.6 is 0 Å². The fraction of sp³-hybridized carbons (Fsp3) is 0.500. The molecular formula is C34H45F3N8O6. The molecule has 1 heterocycles. The molecule has 17 heteroatoms. The highest BCUT2D eigenvalue weighted by molar-refractivity contribution is 5.91. The molecule has 0 aromatic heterocycles. The molecule has 0 radical (unpaired) electrons. The maximum Gasteiger partial charge on any atom is 0.442 e. The van der Waals surface area contributed by atoms with Gasteiger partial charge in [0.1, 0.15) is 12.1 Å². The topological polar surface area (TPSA) is 230 Å². The molecule has 0 fully saturated rings. The molecule has 2 aromatic rings. The van der Waals surface area contributed by atoms with E-state index in [0.29, 0.717) is 50.6 Å². The lowest BCUT2D eigenvalue weighted by Crippen LogP contribution is -2.50. The van der Waals surface area contributed by atoms with Crippen molar-refractivity contribution in [1.29, 1.82) is 0 Å². The largest absolute Gasteiger partial charge is 0.442 e. The van der Waals surface area contributed by atoms with E-state index in [9.17, 15) is 37.1 Å². The van der Waals surface area contributed by atoms with Crippen LogP contribution in [0.15, 0.2) is 64.8 Å². The van der Waals surface area contributed by atoms with E-state index in [1.807, 2.05) is 0 Å². The molecule has 51 heavy (non-hydrogen) atoms. The van der Waals surface area contributed by atoms with Crippen LogP contribution in [0, 0.1) is 5.92 Å². The molecule has 0 bridgehead atoms. The van der Waals surface area contributed by atoms with Gasteiger partial charge in [-0.3, -0.25) is 29.2 Å². The van der Waals surface area contributed by atoms with Crippen molar-refractivity contribution in [2.24, 2.45) is 27.6 Å². The number of hydrogen-bond donors (Lipinski definition) is 7. The van der Waals surface area contributed by atoms with Crippen LogP contribution < -0.4 is 32.9 Å². The zero-order valence-electron chi connectivity index (χ0n) is 28.1. The van der Waals surface area contributed by atoms with E-state index in [1.54, 1.807) is 30.3 Å². The monoisotopic (exact) mass is 718 g/mol. The minimum atomic E-state index is -4.71. The second-order valence-corrected chi connectivity index (χ2v) is 12.4. The Morgan fingerprint density at radius 3 is 2.04 bits per heavy atom. The van der Waals surface area contributed by atoms with Crippen molar-refractivity contribution in [3.8, 4) is 0 Å². The van der Waals surface area contributed by atoms with Crippen molar-refractivity contribution in [2.75, 3.05) is 13.1 Å². The van der Waals surface area contributed by atoms with Gasteiger partial charge in [-0.1, -0.05) is 61.0 Å². The maximum absolute atomic E-state index is 13.5. The Balaban J connectivity index is 1.58. The number of unbranched alkanes of at least 4 members (excludes halogenated alkanes) is 3. The Bertz CT molecular complexity index is 1500. The summed E-state index contributed by atoms with van der Waals surface area (Å²) in [5.41, 5.74) is 10.7. The molecule has 9 N–H and O–H groups in total. The second-order valence-electron chi connectivity index (χ2n) is 12.4. The lowest BCUT2D eigenvalue weighted by molar-refractivity contribution is -0.166. The highest BCUT2D eigenvalue weighted by atomic mass is 19.4. The summed E-state index contributed by atoms with van der Waals surface area (Å²) in [5, 5.41) is 23.6. The molecule has 3 atom stereocenters. The summed E-state index contributed by atoms with van der Waals surface area (Å²) in [6.07, 6.45) is -1.60. The van der Waals surface area contributed by atoms with Gasteiger partial charge in [0.05, 0.1) is 5.92 Å². The number of rotatable bonds is 22. The lowest BCUT2D eigenvalue weighted by atomic mass is 9.92. The third-order valence-electron chi connectivity index (χ3n) is 8.38. The number of primary amides is 1. The maximum atomic E-state index is 13.5. The number of carbonyl (C=O) groups is 5. The van der Waals surface area contributed by atoms with Gasteiger partial charge in [0, 0.05) is 31.4 Å². The Labute approximate surface area is 293 Å². The number of hydrogen-bond acceptors (Lipinski definition) is 9. The van der Waals surface area contributed by atoms with Crippen LogP contribution in [0.1, 0.15) is 68.1 Å². The van der Waals surface area contributed by atoms with Crippen LogP contribution in [0.25, 0.3) is 0 Å². The molecule has 3 rings (SSSR count). The minimum absolute atomic E-state index is 0.0893. The smallest absolute Gasteiger partial charge is 0.368 e. The number of benzene rings is 2. The van der Waals surface area contributed by atoms with Gasteiger partial charge >= 0.3 is 11.8 Å². The highest BCUT2D eigenvalue weighted by Gasteiger charge is 2.65. The molecule has 0 spiro atoms. The average Bonchev–Trinajstić information content (AvgIpc) is 3.92. The first-order valence-corrected chi connectivity index (χ1v) is 16.7. The lowest BCUT2D eigenvalue weighted by Gasteiger charge is -2.23. The van der Waals surface area contributed by atoms with Crippen LogP contribution in [0.4, 0.5) is 13.2 Å². The highest BCUT2D eigenvalue weighted by Crippen LogP contribution is 2.52. The molecule has 14 nitrogen and oxygen atoms in total. The van der Waals surface area contributed by atoms with Crippen LogP contribution in [-0.2, 0) is 42.5 Å². The molecule has 0 saturated heterocycles. The van der Waals surface area contributed by atoms with Crippen molar-refractivity contribution in [3.63, 3.8) is 0 Å². The predicted octanol–water partition coefficient (Wildman–Crippen LogP) is 2.42. The minimum Gasteiger partial charge on any atom is -0.368 e. The van der Waals surface area contributed by atoms with E-state index in [4.69, 9.17) is 16.7 Å². The molecule has 0 saturated carbocycles. The number of halogens is 3. The number of nitrogens with two attached hydrogens (primary N) is 2. The van der Waals surface area contributed by atoms with Crippen molar-refractivity contribution in [1.82, 2.24) is 21.4 Å². The van der Waals surface area contributed by atoms with E-state index in [0.717, 1.165) is 5.56 Å². The summed E-state index contributed by atoms with van der Waals surface area (Å²) in [6, 6.07) is 12.2. The van der Waals surface area contributed by atoms with Gasteiger partial charge in [-0.2, -0.15) is 13.2 Å². The van der Waals surface area contributed by atoms with E-state index in [1.165, 1.54) is 29.7 Å². The Morgan fingerprint density at radius 1 is 0.784 bits per heavy atom. The normalized spacial score (nSPS) is 14.8. The number of nitrogens with zero attached hydrogens (tertiary/aromatic N) is 2. The number of carbonyl (C=O) groups excluding carboxylic acids is 5. The molecule has 2 aromatic carbocycles. The second kappa shape index (κ2) is 19.5. The van der Waals surface area contributed by atoms with Gasteiger partial charge in [0.25, 0.3) is 0 Å². The van der Waals surface area contributed by atoms with Crippen molar-refractivity contribution < 1.29 is 42.4 Å². The number of alkyl halides is 3. The molecule has 5 amide bonds. The Morgan fingerprint density at radius 2 is 1.45 bits per heavy atom. The Hall–Kier alpha value is -4.90. The summed E-state index contributed by atoms with van der Waals surface area (Å²) >= 11 is 0. The number of hydroxylamine groups is 1. The Kier molecular flexibility index (Phi) is 15.5. The first-order chi connectivity index (χ1) is 24.3. The summed E-state index contributed by atoms with van der Waals surface area (Å²) < 4.78 is 40.2. The summed E-state index contributed by atoms with van der Waals surface area (Å²) in [5.74, 6) is -4.05. The van der Waals surface area contributed by atoms with Crippen LogP contribution in [0.5, 0.6) is 0 Å². The van der Waals surface area contributed by atoms with Crippen LogP contribution in [0.3, 0.4) is 0 Å². The number of nitrogens with one attached hydrogen (secondary N) is 4. The molecular weight excluding hydrogens is 673 g/mol. The van der Waals surface area contributed by atoms with Gasteiger partial charge in [0.15, 0.2) is 0 Å². The summed E-state index contributed by atoms with van der Waals surface area (Å²) in [4.78, 5) is 62.9. The molecule has 0 unspecified atom stereocenters. The fourth-order valence-corrected chi connectivity index (χ4v) is 5.44. The zero-order chi connectivity index (χ0) is 37.4. The van der Waals surface area contributed by atoms with Crippen molar-refractivity contribution in [2.45, 2.75) is 88.1 Å². The van der Waals surface area contributed by atoms with E-state index in [-0.39, 0.29) is 37.3 Å². The van der Waals surface area contributed by atoms with Crippen molar-refractivity contribution >= 4 is 29.5 Å². The van der Waals surface area contributed by atoms with Gasteiger partial charge in [-0.15, -0.1) is 10.2 Å². The summed E-state index contributed by atoms with van der Waals surface area (Å²) in [7, 11) is 0. The van der Waals surface area contributed by atoms with E-state index in [2.05, 4.69) is 26.2 Å². The quantitative estimate of drug-likeness (QED) is 0.0546. The van der Waals surface area contributed by atoms with Crippen LogP contribution in [-0.4, -0.2) is 66.1 Å². The van der Waals surface area contributed by atoms with Gasteiger partial charge in [-0.05, 0) is 56.2 Å². The standard InChI is InChI=1S/C34H45F3N8O6/c35-34(36,37)33(44-45-33)25-15-13-23(14-16-25)19-24(21-29(47)43-51)31(49)42-27(20-22-9-3-1-4-10-22)32(50)40-18-8-2-5-12-28(46)41-26(30(39)48)11-6-7-17-38/h1,3-4,9-10,13-16,24,26-27,51H,2,5-8,11-12,17-21,38H2,(H2,39,48)(H,40,50)(H,41,46)(H,42,49)(H,43,47)/t24-,26+,27+/m1/s1. The van der Waals surface area contributed by atoms with Crippen LogP contribution in [0.2, 0.25) is 0 Å². The molecule has 1 aliphatic heterocycles. The van der Waals surface area contributed by atoms with Gasteiger partial charge < -0.3 is 27.4 Å². The van der Waals surface area contributed by atoms with E-state index < -0.39 is 59.9 Å². The third-order valence-corrected chi connectivity index (χ3v) is 8.38. The van der Waals surface area contributed by atoms with E-state index >= 15 is 0 Å². The number of amides is 5. The third kappa shape index (κ3) is 12.7. The first-order valence-electron chi connectivity index (χ1n) is 16.7. The summed E-state index contributed by atoms with van der Waals surface area (Å²) in [6.45, 7) is 0.717. The molecule has 278 valence electrons. The molecule has 1 aliphatic rings. The van der Waals surface area contributed by atoms with Gasteiger partial charge in [-0.25, -0.2) is 5.48 Å².